The third-order valence-electron chi connectivity index (χ3n) is 1.43. The fraction of sp³-hybridized carbons (Fsp3) is 0.875. The zero-order valence-electron chi connectivity index (χ0n) is 7.95. The molecule has 0 aliphatic heterocycles. The van der Waals surface area contributed by atoms with Gasteiger partial charge < -0.3 is 10.6 Å². The minimum absolute atomic E-state index is 0.208. The van der Waals surface area contributed by atoms with Gasteiger partial charge in [0, 0.05) is 6.54 Å². The van der Waals surface area contributed by atoms with E-state index in [-0.39, 0.29) is 6.00 Å². The molecular weight excluding hydrogens is 209 g/mol. The molecule has 3 nitrogen and oxygen atoms in total. The van der Waals surface area contributed by atoms with Crippen LogP contribution >= 0.6 is 23.2 Å². The van der Waals surface area contributed by atoms with Crippen molar-refractivity contribution < 1.29 is 0 Å². The van der Waals surface area contributed by atoms with Crippen molar-refractivity contribution in [3.8, 4) is 0 Å². The van der Waals surface area contributed by atoms with Crippen molar-refractivity contribution in [2.45, 2.75) is 19.8 Å². The molecule has 0 heterocycles. The smallest absolute Gasteiger partial charge is 0.192 e. The maximum absolute atomic E-state index is 5.66. The van der Waals surface area contributed by atoms with Gasteiger partial charge >= 0.3 is 0 Å². The Hall–Kier alpha value is 0.01000. The topological polar surface area (TPSA) is 36.4 Å². The number of hydrogen-bond acceptors (Lipinski definition) is 2. The van der Waals surface area contributed by atoms with Crippen LogP contribution in [0.2, 0.25) is 0 Å². The summed E-state index contributed by atoms with van der Waals surface area (Å²) >= 11 is 11.0. The maximum atomic E-state index is 5.66. The molecule has 0 saturated carbocycles. The molecule has 0 spiro atoms. The minimum atomic E-state index is 0.208. The largest absolute Gasteiger partial charge is 0.361 e. The van der Waals surface area contributed by atoms with Crippen LogP contribution in [0.5, 0.6) is 0 Å². The first-order chi connectivity index (χ1) is 6.31. The lowest BCUT2D eigenvalue weighted by Gasteiger charge is -2.04. The van der Waals surface area contributed by atoms with E-state index in [1.165, 1.54) is 6.42 Å². The maximum Gasteiger partial charge on any atom is 0.192 e. The summed E-state index contributed by atoms with van der Waals surface area (Å²) in [6, 6.07) is 0.208. The van der Waals surface area contributed by atoms with Crippen LogP contribution in [0.4, 0.5) is 0 Å². The molecule has 0 aliphatic rings. The predicted octanol–water partition coefficient (Wildman–Crippen LogP) is 1.76. The van der Waals surface area contributed by atoms with E-state index in [1.807, 2.05) is 0 Å². The van der Waals surface area contributed by atoms with Crippen molar-refractivity contribution in [2.75, 3.05) is 25.6 Å². The molecule has 2 N–H and O–H groups in total. The fourth-order valence-electron chi connectivity index (χ4n) is 0.815. The molecule has 0 aromatic rings. The van der Waals surface area contributed by atoms with Crippen LogP contribution in [0, 0.1) is 0 Å². The van der Waals surface area contributed by atoms with Crippen molar-refractivity contribution in [1.82, 2.24) is 10.6 Å². The van der Waals surface area contributed by atoms with Crippen LogP contribution in [-0.4, -0.2) is 30.9 Å². The molecule has 0 fully saturated rings. The molecule has 0 aromatic heterocycles. The lowest BCUT2D eigenvalue weighted by atomic mass is 10.4. The fourth-order valence-corrected chi connectivity index (χ4v) is 1.15. The third-order valence-corrected chi connectivity index (χ3v) is 1.80. The Morgan fingerprint density at radius 2 is 2.08 bits per heavy atom. The molecule has 5 heteroatoms. The predicted molar refractivity (Wildman–Crippen MR) is 59.8 cm³/mol. The van der Waals surface area contributed by atoms with Gasteiger partial charge in [-0.1, -0.05) is 6.92 Å². The van der Waals surface area contributed by atoms with Gasteiger partial charge in [0.1, 0.15) is 6.00 Å². The monoisotopic (exact) mass is 225 g/mol. The van der Waals surface area contributed by atoms with Crippen molar-refractivity contribution >= 4 is 28.5 Å². The number of hydrogen-bond donors (Lipinski definition) is 2. The van der Waals surface area contributed by atoms with Gasteiger partial charge in [-0.2, -0.15) is 0 Å². The van der Waals surface area contributed by atoms with Crippen molar-refractivity contribution in [1.29, 1.82) is 0 Å². The number of amidine groups is 1. The third kappa shape index (κ3) is 9.93. The summed E-state index contributed by atoms with van der Waals surface area (Å²) in [6.45, 7) is 5.06. The zero-order chi connectivity index (χ0) is 9.94. The number of aliphatic imine (C=N–C) groups is 1. The minimum Gasteiger partial charge on any atom is -0.361 e. The zero-order valence-corrected chi connectivity index (χ0v) is 9.46. The first-order valence-electron chi connectivity index (χ1n) is 4.51. The van der Waals surface area contributed by atoms with Crippen molar-refractivity contribution in [3.63, 3.8) is 0 Å². The number of alkyl halides is 1. The summed E-state index contributed by atoms with van der Waals surface area (Å²) in [5.41, 5.74) is 0. The molecular formula is C8H17Cl2N3. The summed E-state index contributed by atoms with van der Waals surface area (Å²) in [5, 5.41) is 6.64. The van der Waals surface area contributed by atoms with Gasteiger partial charge in [-0.3, -0.25) is 0 Å². The van der Waals surface area contributed by atoms with E-state index in [2.05, 4.69) is 22.5 Å². The van der Waals surface area contributed by atoms with E-state index in [1.54, 1.807) is 0 Å². The summed E-state index contributed by atoms with van der Waals surface area (Å²) in [7, 11) is 0. The Kier molecular flexibility index (Phi) is 10.1. The quantitative estimate of drug-likeness (QED) is 0.228. The molecule has 0 amide bonds. The summed E-state index contributed by atoms with van der Waals surface area (Å²) in [6.07, 6.45) is 2.20. The molecule has 78 valence electrons. The number of nitrogens with zero attached hydrogens (tertiary/aromatic N) is 1. The molecule has 0 atom stereocenters. The Bertz CT molecular complexity index is 139. The Labute approximate surface area is 89.9 Å². The van der Waals surface area contributed by atoms with Crippen LogP contribution in [-0.2, 0) is 0 Å². The van der Waals surface area contributed by atoms with Gasteiger partial charge in [-0.15, -0.1) is 11.6 Å². The second kappa shape index (κ2) is 10.1. The number of halogens is 2. The highest BCUT2D eigenvalue weighted by molar-refractivity contribution is 6.64. The highest BCUT2D eigenvalue weighted by atomic mass is 35.5. The van der Waals surface area contributed by atoms with Crippen LogP contribution in [0.3, 0.4) is 0 Å². The number of nitrogens with one attached hydrogen (secondary N) is 2. The van der Waals surface area contributed by atoms with Crippen LogP contribution in [0.15, 0.2) is 4.99 Å². The van der Waals surface area contributed by atoms with Crippen LogP contribution < -0.4 is 10.6 Å². The molecule has 0 unspecified atom stereocenters. The van der Waals surface area contributed by atoms with Crippen LogP contribution in [0.1, 0.15) is 19.8 Å². The summed E-state index contributed by atoms with van der Waals surface area (Å²) in [4.78, 5) is 3.77. The van der Waals surface area contributed by atoms with Crippen molar-refractivity contribution in [2.24, 2.45) is 4.99 Å². The lowest BCUT2D eigenvalue weighted by Crippen LogP contribution is -2.24. The van der Waals surface area contributed by atoms with Gasteiger partial charge in [0.2, 0.25) is 0 Å². The van der Waals surface area contributed by atoms with Gasteiger partial charge in [-0.25, -0.2) is 4.99 Å². The Morgan fingerprint density at radius 1 is 1.31 bits per heavy atom. The average Bonchev–Trinajstić information content (AvgIpc) is 2.11. The second-order valence-electron chi connectivity index (χ2n) is 2.60. The normalized spacial score (nSPS) is 11.8. The average molecular weight is 226 g/mol. The van der Waals surface area contributed by atoms with Crippen molar-refractivity contribution in [3.05, 3.63) is 0 Å². The molecule has 0 rings (SSSR count). The molecule has 13 heavy (non-hydrogen) atoms. The SMILES string of the molecule is CCCNCCCN/C(Cl)=N\CCl. The molecule has 0 radical (unpaired) electrons. The van der Waals surface area contributed by atoms with Gasteiger partial charge in [-0.05, 0) is 37.5 Å². The Balaban J connectivity index is 3.11. The molecule has 0 aliphatic carbocycles. The van der Waals surface area contributed by atoms with E-state index < -0.39 is 0 Å². The summed E-state index contributed by atoms with van der Waals surface area (Å²) in [5.74, 6) is 0. The van der Waals surface area contributed by atoms with E-state index in [0.717, 1.165) is 26.1 Å². The number of rotatable bonds is 7. The van der Waals surface area contributed by atoms with E-state index in [9.17, 15) is 0 Å². The van der Waals surface area contributed by atoms with E-state index in [4.69, 9.17) is 23.2 Å². The summed E-state index contributed by atoms with van der Waals surface area (Å²) < 4.78 is 0. The lowest BCUT2D eigenvalue weighted by molar-refractivity contribution is 0.633. The first-order valence-corrected chi connectivity index (χ1v) is 5.43. The molecule has 0 aromatic carbocycles. The van der Waals surface area contributed by atoms with E-state index >= 15 is 0 Å². The van der Waals surface area contributed by atoms with Gasteiger partial charge in [0.05, 0.1) is 0 Å². The standard InChI is InChI=1S/C8H17Cl2N3/c1-2-4-11-5-3-6-12-8(10)13-7-9/h11H,2-7H2,1H3,(H,12,13). The highest BCUT2D eigenvalue weighted by Crippen LogP contribution is 1.85. The first kappa shape index (κ1) is 13.0. The van der Waals surface area contributed by atoms with Crippen LogP contribution in [0.25, 0.3) is 0 Å². The molecule has 0 bridgehead atoms. The van der Waals surface area contributed by atoms with Gasteiger partial charge in [0.25, 0.3) is 0 Å². The second-order valence-corrected chi connectivity index (χ2v) is 3.20. The van der Waals surface area contributed by atoms with E-state index in [0.29, 0.717) is 5.29 Å². The highest BCUT2D eigenvalue weighted by Gasteiger charge is 1.91. The van der Waals surface area contributed by atoms with Gasteiger partial charge in [0.15, 0.2) is 5.29 Å². The Morgan fingerprint density at radius 3 is 2.69 bits per heavy atom. The molecule has 0 saturated heterocycles.